The minimum Gasteiger partial charge on any atom is -0.394 e. The molecule has 1 amide bonds. The van der Waals surface area contributed by atoms with Gasteiger partial charge in [0, 0.05) is 6.42 Å². The standard InChI is InChI=1S/C72H123NO13/c1-3-5-7-9-11-13-15-17-19-21-23-25-27-29-30-32-34-36-38-40-42-44-46-48-50-52-54-56-64(77)73-60(59-83-71-69(82)67(80)70(63(58-75)85-71)86-72-68(81)66(79)65(78)62(57-74)84-72)61(76)55-53-51-49-47-45-43-41-39-37-35-33-31-28-26-24-22-20-18-16-14-12-10-8-6-4-2/h5,7,11,13,17,19,23,25,29-30,34,36,40,42,45,47,53,55,60-63,65-72,74-76,78-82H,3-4,6,8-10,12,14-16,18,20-22,24,26-28,31-33,35,37-39,41,43-44,46,48-52,54,56-59H2,1-2H3,(H,73,77)/b7-5-,13-11-,19-17-,25-23-,30-29-,36-34-,42-40-,47-45+,55-53+. The number of amides is 1. The molecule has 2 aliphatic heterocycles. The van der Waals surface area contributed by atoms with E-state index in [0.29, 0.717) is 12.8 Å². The van der Waals surface area contributed by atoms with Crippen molar-refractivity contribution in [2.45, 2.75) is 319 Å². The fraction of sp³-hybridized carbons (Fsp3) is 0.736. The number of carbonyl (C=O) groups is 1. The zero-order valence-corrected chi connectivity index (χ0v) is 53.5. The van der Waals surface area contributed by atoms with Crippen LogP contribution in [0.15, 0.2) is 109 Å². The van der Waals surface area contributed by atoms with E-state index in [1.807, 2.05) is 6.08 Å². The number of aliphatic hydroxyl groups excluding tert-OH is 8. The molecule has 12 unspecified atom stereocenters. The van der Waals surface area contributed by atoms with Gasteiger partial charge in [-0.25, -0.2) is 0 Å². The number of unbranched alkanes of at least 4 members (excludes halogenated alkanes) is 25. The van der Waals surface area contributed by atoms with Crippen LogP contribution in [0.5, 0.6) is 0 Å². The highest BCUT2D eigenvalue weighted by Gasteiger charge is 2.51. The molecular formula is C72H123NO13. The van der Waals surface area contributed by atoms with Crippen molar-refractivity contribution >= 4 is 5.91 Å². The van der Waals surface area contributed by atoms with Crippen LogP contribution < -0.4 is 5.32 Å². The Morgan fingerprint density at radius 2 is 0.814 bits per heavy atom. The van der Waals surface area contributed by atoms with Crippen LogP contribution in [0.2, 0.25) is 0 Å². The lowest BCUT2D eigenvalue weighted by Crippen LogP contribution is -2.65. The van der Waals surface area contributed by atoms with Crippen molar-refractivity contribution in [3.05, 3.63) is 109 Å². The topological polar surface area (TPSA) is 228 Å². The van der Waals surface area contributed by atoms with Gasteiger partial charge < -0.3 is 65.1 Å². The molecule has 2 rings (SSSR count). The summed E-state index contributed by atoms with van der Waals surface area (Å²) in [7, 11) is 0. The number of hydrogen-bond acceptors (Lipinski definition) is 13. The molecule has 2 aliphatic rings. The van der Waals surface area contributed by atoms with Gasteiger partial charge in [-0.2, -0.15) is 0 Å². The van der Waals surface area contributed by atoms with Crippen LogP contribution in [0.3, 0.4) is 0 Å². The molecule has 12 atom stereocenters. The van der Waals surface area contributed by atoms with Crippen molar-refractivity contribution in [1.29, 1.82) is 0 Å². The zero-order chi connectivity index (χ0) is 62.3. The molecule has 2 heterocycles. The molecule has 0 bridgehead atoms. The van der Waals surface area contributed by atoms with Gasteiger partial charge in [0.25, 0.3) is 0 Å². The number of rotatable bonds is 54. The summed E-state index contributed by atoms with van der Waals surface area (Å²) in [5.74, 6) is -0.271. The smallest absolute Gasteiger partial charge is 0.220 e. The fourth-order valence-corrected chi connectivity index (χ4v) is 10.5. The van der Waals surface area contributed by atoms with E-state index in [-0.39, 0.29) is 18.9 Å². The summed E-state index contributed by atoms with van der Waals surface area (Å²) >= 11 is 0. The molecule has 9 N–H and O–H groups in total. The molecule has 14 nitrogen and oxygen atoms in total. The number of allylic oxidation sites excluding steroid dienone is 17. The third kappa shape index (κ3) is 39.6. The van der Waals surface area contributed by atoms with E-state index < -0.39 is 86.8 Å². The first-order valence-electron chi connectivity index (χ1n) is 34.1. The third-order valence-corrected chi connectivity index (χ3v) is 15.9. The summed E-state index contributed by atoms with van der Waals surface area (Å²) in [6, 6.07) is -0.952. The minimum atomic E-state index is -1.80. The Hall–Kier alpha value is -3.35. The Morgan fingerprint density at radius 3 is 1.28 bits per heavy atom. The normalized spacial score (nSPS) is 24.1. The Morgan fingerprint density at radius 1 is 0.430 bits per heavy atom. The second-order valence-electron chi connectivity index (χ2n) is 23.6. The van der Waals surface area contributed by atoms with E-state index >= 15 is 0 Å². The predicted molar refractivity (Wildman–Crippen MR) is 350 cm³/mol. The molecule has 0 aromatic rings. The van der Waals surface area contributed by atoms with E-state index in [1.165, 1.54) is 122 Å². The average Bonchev–Trinajstić information content (AvgIpc) is 2.53. The zero-order valence-electron chi connectivity index (χ0n) is 53.5. The molecule has 0 radical (unpaired) electrons. The Bertz CT molecular complexity index is 1860. The average molecular weight is 1210 g/mol. The lowest BCUT2D eigenvalue weighted by molar-refractivity contribution is -0.359. The van der Waals surface area contributed by atoms with E-state index in [0.717, 1.165) is 89.9 Å². The van der Waals surface area contributed by atoms with Crippen molar-refractivity contribution in [3.8, 4) is 0 Å². The van der Waals surface area contributed by atoms with Gasteiger partial charge in [-0.15, -0.1) is 0 Å². The van der Waals surface area contributed by atoms with Crippen LogP contribution in [0, 0.1) is 0 Å². The maximum atomic E-state index is 13.3. The summed E-state index contributed by atoms with van der Waals surface area (Å²) in [5, 5.41) is 87.4. The van der Waals surface area contributed by atoms with Crippen LogP contribution >= 0.6 is 0 Å². The molecule has 14 heteroatoms. The summed E-state index contributed by atoms with van der Waals surface area (Å²) in [6.07, 6.45) is 62.7. The molecular weight excluding hydrogens is 1090 g/mol. The summed E-state index contributed by atoms with van der Waals surface area (Å²) in [5.41, 5.74) is 0. The molecule has 0 saturated carbocycles. The van der Waals surface area contributed by atoms with Gasteiger partial charge >= 0.3 is 0 Å². The number of ether oxygens (including phenoxy) is 4. The minimum absolute atomic E-state index is 0.244. The van der Waals surface area contributed by atoms with Gasteiger partial charge in [0.15, 0.2) is 12.6 Å². The van der Waals surface area contributed by atoms with E-state index in [9.17, 15) is 45.6 Å². The van der Waals surface area contributed by atoms with E-state index in [1.54, 1.807) is 6.08 Å². The third-order valence-electron chi connectivity index (χ3n) is 15.9. The largest absolute Gasteiger partial charge is 0.394 e. The summed E-state index contributed by atoms with van der Waals surface area (Å²) in [6.45, 7) is 2.66. The van der Waals surface area contributed by atoms with E-state index in [2.05, 4.69) is 116 Å². The van der Waals surface area contributed by atoms with Gasteiger partial charge in [-0.3, -0.25) is 4.79 Å². The van der Waals surface area contributed by atoms with Gasteiger partial charge in [-0.1, -0.05) is 258 Å². The molecule has 494 valence electrons. The molecule has 2 fully saturated rings. The SMILES string of the molecule is CC/C=C\C/C=C\C/C=C\C/C=C\C/C=C\C/C=C\C/C=C\CCCCCCCC(=O)NC(COC1OC(CO)C(OC2OC(CO)C(O)C(O)C2O)C(O)C1O)C(O)/C=C/CC/C=C/CCCCCCCCCCCCCCCCCCCCC. The molecule has 2 saturated heterocycles. The van der Waals surface area contributed by atoms with Gasteiger partial charge in [0.05, 0.1) is 32.0 Å². The number of carbonyl (C=O) groups excluding carboxylic acids is 1. The van der Waals surface area contributed by atoms with Gasteiger partial charge in [0.1, 0.15) is 48.8 Å². The lowest BCUT2D eigenvalue weighted by atomic mass is 9.97. The van der Waals surface area contributed by atoms with Crippen molar-refractivity contribution < 1.29 is 64.6 Å². The Balaban J connectivity index is 1.74. The monoisotopic (exact) mass is 1210 g/mol. The molecule has 0 aliphatic carbocycles. The van der Waals surface area contributed by atoms with Crippen molar-refractivity contribution in [3.63, 3.8) is 0 Å². The summed E-state index contributed by atoms with van der Waals surface area (Å²) in [4.78, 5) is 13.3. The first-order chi connectivity index (χ1) is 42.1. The number of nitrogens with one attached hydrogen (secondary N) is 1. The summed E-state index contributed by atoms with van der Waals surface area (Å²) < 4.78 is 22.8. The maximum absolute atomic E-state index is 13.3. The van der Waals surface area contributed by atoms with Crippen LogP contribution in [0.25, 0.3) is 0 Å². The van der Waals surface area contributed by atoms with Crippen molar-refractivity contribution in [2.24, 2.45) is 0 Å². The fourth-order valence-electron chi connectivity index (χ4n) is 10.5. The second-order valence-corrected chi connectivity index (χ2v) is 23.6. The second kappa shape index (κ2) is 55.7. The van der Waals surface area contributed by atoms with E-state index in [4.69, 9.17) is 18.9 Å². The first-order valence-corrected chi connectivity index (χ1v) is 34.1. The Labute approximate surface area is 521 Å². The molecule has 0 spiro atoms. The number of aliphatic hydroxyl groups is 8. The predicted octanol–water partition coefficient (Wildman–Crippen LogP) is 13.6. The Kier molecular flexibility index (Phi) is 51.0. The van der Waals surface area contributed by atoms with Crippen molar-refractivity contribution in [2.75, 3.05) is 19.8 Å². The highest BCUT2D eigenvalue weighted by Crippen LogP contribution is 2.30. The van der Waals surface area contributed by atoms with Crippen LogP contribution in [0.4, 0.5) is 0 Å². The molecule has 0 aromatic carbocycles. The van der Waals surface area contributed by atoms with Crippen LogP contribution in [-0.2, 0) is 23.7 Å². The van der Waals surface area contributed by atoms with Crippen LogP contribution in [-0.4, -0.2) is 140 Å². The van der Waals surface area contributed by atoms with Gasteiger partial charge in [0.2, 0.25) is 5.91 Å². The highest BCUT2D eigenvalue weighted by atomic mass is 16.7. The maximum Gasteiger partial charge on any atom is 0.220 e. The molecule has 86 heavy (non-hydrogen) atoms. The number of hydrogen-bond donors (Lipinski definition) is 9. The first kappa shape index (κ1) is 78.7. The van der Waals surface area contributed by atoms with Crippen molar-refractivity contribution in [1.82, 2.24) is 5.32 Å². The highest BCUT2D eigenvalue weighted by molar-refractivity contribution is 5.76. The quantitative estimate of drug-likeness (QED) is 0.0204. The van der Waals surface area contributed by atoms with Crippen LogP contribution in [0.1, 0.15) is 245 Å². The lowest BCUT2D eigenvalue weighted by Gasteiger charge is -2.46. The molecule has 0 aromatic heterocycles. The van der Waals surface area contributed by atoms with Gasteiger partial charge in [-0.05, 0) is 89.9 Å².